The first-order valence-electron chi connectivity index (χ1n) is 7.00. The normalized spacial score (nSPS) is 13.7. The summed E-state index contributed by atoms with van der Waals surface area (Å²) in [6.07, 6.45) is 0. The molecular formula is C16H10NO7S-. The molecule has 0 aromatic heterocycles. The third-order valence-electron chi connectivity index (χ3n) is 3.51. The number of ether oxygens (including phenoxy) is 1. The molecule has 0 atom stereocenters. The number of carbonyl (C=O) groups is 3. The number of benzene rings is 2. The molecule has 0 N–H and O–H groups in total. The van der Waals surface area contributed by atoms with E-state index in [9.17, 15) is 27.4 Å². The third-order valence-corrected chi connectivity index (χ3v) is 4.38. The van der Waals surface area contributed by atoms with Crippen LogP contribution in [0.4, 0.5) is 0 Å². The van der Waals surface area contributed by atoms with Gasteiger partial charge in [-0.2, -0.15) is 0 Å². The number of carbonyl (C=O) groups excluding carboxylic acids is 3. The Bertz CT molecular complexity index is 962. The van der Waals surface area contributed by atoms with Crippen molar-refractivity contribution in [3.05, 3.63) is 59.7 Å². The van der Waals surface area contributed by atoms with Gasteiger partial charge in [0.1, 0.15) is 22.4 Å². The first-order chi connectivity index (χ1) is 11.8. The molecule has 1 heterocycles. The Hall–Kier alpha value is -3.04. The average Bonchev–Trinajstić information content (AvgIpc) is 2.80. The molecule has 2 aromatic rings. The lowest BCUT2D eigenvalue weighted by Gasteiger charge is -2.15. The van der Waals surface area contributed by atoms with Gasteiger partial charge in [0.15, 0.2) is 0 Å². The van der Waals surface area contributed by atoms with Crippen LogP contribution in [0, 0.1) is 0 Å². The standard InChI is InChI=1S/C16H11NO7S/c18-14(24-12-7-3-4-8-13(12)25(21,22)23)9-17-15(19)10-5-1-2-6-11(10)16(17)20/h1-8H,9H2,(H,21,22,23)/p-1. The Morgan fingerprint density at radius 1 is 0.960 bits per heavy atom. The van der Waals surface area contributed by atoms with Gasteiger partial charge in [0.2, 0.25) is 0 Å². The molecule has 0 fully saturated rings. The Morgan fingerprint density at radius 3 is 2.04 bits per heavy atom. The van der Waals surface area contributed by atoms with Crippen molar-refractivity contribution in [2.24, 2.45) is 0 Å². The van der Waals surface area contributed by atoms with E-state index in [-0.39, 0.29) is 11.1 Å². The van der Waals surface area contributed by atoms with Crippen LogP contribution in [0.3, 0.4) is 0 Å². The van der Waals surface area contributed by atoms with Crippen LogP contribution in [-0.4, -0.2) is 42.2 Å². The second-order valence-corrected chi connectivity index (χ2v) is 6.47. The molecule has 0 aliphatic carbocycles. The highest BCUT2D eigenvalue weighted by atomic mass is 32.2. The summed E-state index contributed by atoms with van der Waals surface area (Å²) in [6, 6.07) is 10.9. The lowest BCUT2D eigenvalue weighted by Crippen LogP contribution is -2.36. The highest BCUT2D eigenvalue weighted by Crippen LogP contribution is 2.25. The SMILES string of the molecule is O=C(CN1C(=O)c2ccccc2C1=O)Oc1ccccc1S(=O)(=O)[O-]. The van der Waals surface area contributed by atoms with E-state index in [1.807, 2.05) is 0 Å². The lowest BCUT2D eigenvalue weighted by molar-refractivity contribution is -0.134. The number of esters is 1. The van der Waals surface area contributed by atoms with E-state index in [2.05, 4.69) is 0 Å². The third kappa shape index (κ3) is 3.14. The minimum atomic E-state index is -4.85. The highest BCUT2D eigenvalue weighted by Gasteiger charge is 2.36. The number of hydrogen-bond donors (Lipinski definition) is 0. The minimum absolute atomic E-state index is 0.169. The molecule has 1 aliphatic rings. The fourth-order valence-corrected chi connectivity index (χ4v) is 3.01. The van der Waals surface area contributed by atoms with Gasteiger partial charge in [0.25, 0.3) is 11.8 Å². The van der Waals surface area contributed by atoms with E-state index in [1.54, 1.807) is 12.1 Å². The van der Waals surface area contributed by atoms with E-state index in [0.717, 1.165) is 12.1 Å². The molecule has 0 radical (unpaired) electrons. The molecule has 0 saturated heterocycles. The van der Waals surface area contributed by atoms with Crippen molar-refractivity contribution in [3.8, 4) is 5.75 Å². The predicted molar refractivity (Wildman–Crippen MR) is 81.8 cm³/mol. The summed E-state index contributed by atoms with van der Waals surface area (Å²) in [5.74, 6) is -2.81. The number of fused-ring (bicyclic) bond motifs is 1. The summed E-state index contributed by atoms with van der Waals surface area (Å²) < 4.78 is 38.4. The van der Waals surface area contributed by atoms with E-state index < -0.39 is 45.1 Å². The van der Waals surface area contributed by atoms with Crippen molar-refractivity contribution in [1.82, 2.24) is 4.90 Å². The Balaban J connectivity index is 1.80. The van der Waals surface area contributed by atoms with Crippen LogP contribution in [0.5, 0.6) is 5.75 Å². The van der Waals surface area contributed by atoms with Gasteiger partial charge in [-0.25, -0.2) is 13.2 Å². The predicted octanol–water partition coefficient (Wildman–Crippen LogP) is 0.792. The largest absolute Gasteiger partial charge is 0.744 e. The molecule has 128 valence electrons. The topological polar surface area (TPSA) is 121 Å². The summed E-state index contributed by atoms with van der Waals surface area (Å²) >= 11 is 0. The Morgan fingerprint density at radius 2 is 1.48 bits per heavy atom. The zero-order valence-corrected chi connectivity index (χ0v) is 13.4. The van der Waals surface area contributed by atoms with Crippen LogP contribution in [0.25, 0.3) is 0 Å². The van der Waals surface area contributed by atoms with Gasteiger partial charge in [0.05, 0.1) is 16.0 Å². The van der Waals surface area contributed by atoms with Crippen molar-refractivity contribution in [2.45, 2.75) is 4.90 Å². The Labute approximate surface area is 142 Å². The molecule has 3 rings (SSSR count). The molecule has 2 aromatic carbocycles. The van der Waals surface area contributed by atoms with Crippen LogP contribution in [-0.2, 0) is 14.9 Å². The van der Waals surface area contributed by atoms with E-state index >= 15 is 0 Å². The number of amides is 2. The molecule has 1 aliphatic heterocycles. The molecule has 2 amide bonds. The van der Waals surface area contributed by atoms with Crippen molar-refractivity contribution in [2.75, 3.05) is 6.54 Å². The number of para-hydroxylation sites is 1. The van der Waals surface area contributed by atoms with Crippen LogP contribution >= 0.6 is 0 Å². The second kappa shape index (κ2) is 6.11. The molecule has 0 spiro atoms. The van der Waals surface area contributed by atoms with Gasteiger partial charge < -0.3 is 9.29 Å². The first kappa shape index (κ1) is 16.8. The maximum absolute atomic E-state index is 12.2. The van der Waals surface area contributed by atoms with Crippen LogP contribution in [0.15, 0.2) is 53.4 Å². The monoisotopic (exact) mass is 360 g/mol. The van der Waals surface area contributed by atoms with Crippen LogP contribution in [0.2, 0.25) is 0 Å². The molecule has 0 unspecified atom stereocenters. The van der Waals surface area contributed by atoms with Crippen molar-refractivity contribution < 1.29 is 32.1 Å². The Kier molecular flexibility index (Phi) is 4.11. The van der Waals surface area contributed by atoms with Crippen molar-refractivity contribution in [3.63, 3.8) is 0 Å². The molecule has 0 bridgehead atoms. The fraction of sp³-hybridized carbons (Fsp3) is 0.0625. The zero-order valence-electron chi connectivity index (χ0n) is 12.5. The van der Waals surface area contributed by atoms with Gasteiger partial charge >= 0.3 is 5.97 Å². The van der Waals surface area contributed by atoms with E-state index in [0.29, 0.717) is 4.90 Å². The first-order valence-corrected chi connectivity index (χ1v) is 8.40. The van der Waals surface area contributed by atoms with Crippen LogP contribution in [0.1, 0.15) is 20.7 Å². The summed E-state index contributed by atoms with van der Waals surface area (Å²) in [6.45, 7) is -0.709. The minimum Gasteiger partial charge on any atom is -0.744 e. The second-order valence-electron chi connectivity index (χ2n) is 5.12. The van der Waals surface area contributed by atoms with Gasteiger partial charge in [-0.3, -0.25) is 14.5 Å². The molecule has 0 saturated carbocycles. The number of imide groups is 1. The highest BCUT2D eigenvalue weighted by molar-refractivity contribution is 7.85. The van der Waals surface area contributed by atoms with Gasteiger partial charge in [-0.15, -0.1) is 0 Å². The van der Waals surface area contributed by atoms with Crippen molar-refractivity contribution >= 4 is 27.9 Å². The molecular weight excluding hydrogens is 350 g/mol. The van der Waals surface area contributed by atoms with Gasteiger partial charge in [-0.1, -0.05) is 24.3 Å². The molecule has 25 heavy (non-hydrogen) atoms. The van der Waals surface area contributed by atoms with Crippen LogP contribution < -0.4 is 4.74 Å². The van der Waals surface area contributed by atoms with Crippen molar-refractivity contribution in [1.29, 1.82) is 0 Å². The molecule has 8 nitrogen and oxygen atoms in total. The summed E-state index contributed by atoms with van der Waals surface area (Å²) in [7, 11) is -4.85. The van der Waals surface area contributed by atoms with E-state index in [4.69, 9.17) is 4.74 Å². The molecule has 9 heteroatoms. The average molecular weight is 360 g/mol. The number of nitrogens with zero attached hydrogens (tertiary/aromatic N) is 1. The zero-order chi connectivity index (χ0) is 18.2. The van der Waals surface area contributed by atoms with Gasteiger partial charge in [0, 0.05) is 0 Å². The lowest BCUT2D eigenvalue weighted by atomic mass is 10.1. The van der Waals surface area contributed by atoms with E-state index in [1.165, 1.54) is 24.3 Å². The number of hydrogen-bond acceptors (Lipinski definition) is 7. The number of rotatable bonds is 4. The van der Waals surface area contributed by atoms with Gasteiger partial charge in [-0.05, 0) is 24.3 Å². The smallest absolute Gasteiger partial charge is 0.331 e. The maximum atomic E-state index is 12.2. The maximum Gasteiger partial charge on any atom is 0.331 e. The quantitative estimate of drug-likeness (QED) is 0.342. The summed E-state index contributed by atoms with van der Waals surface area (Å²) in [5.41, 5.74) is 0.339. The fourth-order valence-electron chi connectivity index (χ4n) is 2.41. The summed E-state index contributed by atoms with van der Waals surface area (Å²) in [5, 5.41) is 0. The summed E-state index contributed by atoms with van der Waals surface area (Å²) in [4.78, 5) is 36.4.